The molecule has 0 aromatic heterocycles. The molecule has 110 valence electrons. The molecule has 2 unspecified atom stereocenters. The first-order valence-corrected chi connectivity index (χ1v) is 8.13. The largest absolute Gasteiger partial charge is 0.352 e. The zero-order valence-corrected chi connectivity index (χ0v) is 13.7. The van der Waals surface area contributed by atoms with Crippen LogP contribution < -0.4 is 4.90 Å². The van der Waals surface area contributed by atoms with Gasteiger partial charge in [0.25, 0.3) is 0 Å². The minimum absolute atomic E-state index is 0.421. The van der Waals surface area contributed by atoms with Gasteiger partial charge in [0, 0.05) is 29.6 Å². The van der Waals surface area contributed by atoms with Crippen molar-refractivity contribution in [1.29, 1.82) is 0 Å². The predicted octanol–water partition coefficient (Wildman–Crippen LogP) is 3.91. The van der Waals surface area contributed by atoms with Crippen LogP contribution in [0.3, 0.4) is 0 Å². The van der Waals surface area contributed by atoms with E-state index in [1.165, 1.54) is 21.1 Å². The molecule has 0 bridgehead atoms. The molecule has 1 aliphatic heterocycles. The van der Waals surface area contributed by atoms with Gasteiger partial charge in [-0.05, 0) is 49.3 Å². The second-order valence-corrected chi connectivity index (χ2v) is 7.02. The highest BCUT2D eigenvalue weighted by Crippen LogP contribution is 2.45. The summed E-state index contributed by atoms with van der Waals surface area (Å²) in [5.41, 5.74) is 2.65. The fourth-order valence-electron chi connectivity index (χ4n) is 2.79. The monoisotopic (exact) mass is 298 g/mol. The van der Waals surface area contributed by atoms with E-state index in [2.05, 4.69) is 66.9 Å². The normalized spacial score (nSPS) is 23.3. The first kappa shape index (κ1) is 14.5. The fourth-order valence-corrected chi connectivity index (χ4v) is 4.02. The number of hydrogen-bond acceptors (Lipinski definition) is 3. The summed E-state index contributed by atoms with van der Waals surface area (Å²) in [7, 11) is 6.30. The molecule has 3 heteroatoms. The zero-order chi connectivity index (χ0) is 15.0. The van der Waals surface area contributed by atoms with Gasteiger partial charge >= 0.3 is 0 Å². The van der Waals surface area contributed by atoms with Crippen molar-refractivity contribution in [3.05, 3.63) is 59.7 Å². The van der Waals surface area contributed by atoms with Gasteiger partial charge in [0.1, 0.15) is 0 Å². The lowest BCUT2D eigenvalue weighted by molar-refractivity contribution is 0.385. The quantitative estimate of drug-likeness (QED) is 0.781. The molecule has 0 fully saturated rings. The molecular weight excluding hydrogens is 276 g/mol. The Morgan fingerprint density at radius 1 is 1.24 bits per heavy atom. The average molecular weight is 298 g/mol. The summed E-state index contributed by atoms with van der Waals surface area (Å²) in [5.74, 6) is 0.557. The van der Waals surface area contributed by atoms with Crippen LogP contribution in [-0.2, 0) is 6.42 Å². The number of thioether (sulfide) groups is 1. The van der Waals surface area contributed by atoms with Crippen molar-refractivity contribution in [2.75, 3.05) is 26.0 Å². The second-order valence-electron chi connectivity index (χ2n) is 5.91. The topological polar surface area (TPSA) is 6.48 Å². The summed E-state index contributed by atoms with van der Waals surface area (Å²) >= 11 is 1.93. The molecule has 2 aliphatic rings. The molecule has 2 atom stereocenters. The van der Waals surface area contributed by atoms with E-state index in [-0.39, 0.29) is 0 Å². The number of hydrogen-bond donors (Lipinski definition) is 0. The Morgan fingerprint density at radius 3 is 2.76 bits per heavy atom. The van der Waals surface area contributed by atoms with E-state index in [0.717, 1.165) is 6.42 Å². The molecule has 0 spiro atoms. The molecule has 1 aromatic carbocycles. The molecule has 1 aromatic rings. The van der Waals surface area contributed by atoms with Gasteiger partial charge in [-0.25, -0.2) is 0 Å². The number of nitrogens with zero attached hydrogens (tertiary/aromatic N) is 2. The SMILES string of the molecule is C=CN(C)c1ccc2c(c1)SC1=CC(N(C)C)C=CC1C2. The Kier molecular flexibility index (Phi) is 3.96. The molecule has 2 nitrogen and oxygen atoms in total. The summed E-state index contributed by atoms with van der Waals surface area (Å²) in [6.45, 7) is 3.84. The van der Waals surface area contributed by atoms with E-state index in [1.54, 1.807) is 0 Å². The van der Waals surface area contributed by atoms with Crippen LogP contribution >= 0.6 is 11.8 Å². The Labute approximate surface area is 131 Å². The van der Waals surface area contributed by atoms with Crippen LogP contribution in [-0.4, -0.2) is 32.1 Å². The van der Waals surface area contributed by atoms with Crippen molar-refractivity contribution < 1.29 is 0 Å². The third-order valence-electron chi connectivity index (χ3n) is 4.24. The average Bonchev–Trinajstić information content (AvgIpc) is 2.50. The van der Waals surface area contributed by atoms with Crippen LogP contribution in [0.1, 0.15) is 5.56 Å². The summed E-state index contributed by atoms with van der Waals surface area (Å²) in [6.07, 6.45) is 10.1. The van der Waals surface area contributed by atoms with Gasteiger partial charge in [-0.1, -0.05) is 42.6 Å². The Hall–Kier alpha value is -1.45. The van der Waals surface area contributed by atoms with E-state index in [0.29, 0.717) is 12.0 Å². The molecule has 0 radical (unpaired) electrons. The highest BCUT2D eigenvalue weighted by atomic mass is 32.2. The van der Waals surface area contributed by atoms with Gasteiger partial charge < -0.3 is 4.90 Å². The Balaban J connectivity index is 1.91. The fraction of sp³-hybridized carbons (Fsp3) is 0.333. The van der Waals surface area contributed by atoms with E-state index >= 15 is 0 Å². The summed E-state index contributed by atoms with van der Waals surface area (Å²) in [5, 5.41) is 0. The third-order valence-corrected chi connectivity index (χ3v) is 5.51. The van der Waals surface area contributed by atoms with Crippen molar-refractivity contribution in [3.63, 3.8) is 0 Å². The lowest BCUT2D eigenvalue weighted by Gasteiger charge is -2.31. The van der Waals surface area contributed by atoms with Crippen LogP contribution in [0.4, 0.5) is 5.69 Å². The maximum atomic E-state index is 3.84. The molecule has 0 amide bonds. The van der Waals surface area contributed by atoms with Crippen LogP contribution in [0, 0.1) is 5.92 Å². The van der Waals surface area contributed by atoms with Crippen molar-refractivity contribution in [1.82, 2.24) is 4.90 Å². The van der Waals surface area contributed by atoms with E-state index < -0.39 is 0 Å². The first-order valence-electron chi connectivity index (χ1n) is 7.31. The van der Waals surface area contributed by atoms with Gasteiger partial charge in [0.05, 0.1) is 0 Å². The molecular formula is C18H22N2S. The highest BCUT2D eigenvalue weighted by molar-refractivity contribution is 8.03. The minimum atomic E-state index is 0.421. The molecule has 1 aliphatic carbocycles. The Morgan fingerprint density at radius 2 is 2.05 bits per heavy atom. The summed E-state index contributed by atoms with van der Waals surface area (Å²) < 4.78 is 0. The lowest BCUT2D eigenvalue weighted by Crippen LogP contribution is -2.27. The molecule has 0 saturated heterocycles. The van der Waals surface area contributed by atoms with Crippen LogP contribution in [0.15, 0.2) is 59.0 Å². The highest BCUT2D eigenvalue weighted by Gasteiger charge is 2.26. The number of rotatable bonds is 3. The standard InChI is InChI=1S/C18H22N2S/c1-5-20(4)16-9-7-14-10-13-6-8-15(19(2)3)11-17(13)21-18(14)12-16/h5-9,11-13,15H,1,10H2,2-4H3. The van der Waals surface area contributed by atoms with Gasteiger partial charge in [-0.15, -0.1) is 0 Å². The first-order chi connectivity index (χ1) is 10.1. The number of anilines is 1. The van der Waals surface area contributed by atoms with E-state index in [9.17, 15) is 0 Å². The zero-order valence-electron chi connectivity index (χ0n) is 12.9. The van der Waals surface area contributed by atoms with Crippen LogP contribution in [0.2, 0.25) is 0 Å². The molecule has 0 N–H and O–H groups in total. The van der Waals surface area contributed by atoms with Crippen molar-refractivity contribution in [3.8, 4) is 0 Å². The summed E-state index contributed by atoms with van der Waals surface area (Å²) in [4.78, 5) is 7.18. The van der Waals surface area contributed by atoms with Crippen molar-refractivity contribution >= 4 is 17.4 Å². The third kappa shape index (κ3) is 2.81. The number of allylic oxidation sites excluding steroid dienone is 2. The molecule has 0 saturated carbocycles. The van der Waals surface area contributed by atoms with E-state index in [1.807, 2.05) is 25.0 Å². The van der Waals surface area contributed by atoms with Gasteiger partial charge in [0.2, 0.25) is 0 Å². The van der Waals surface area contributed by atoms with Crippen molar-refractivity contribution in [2.45, 2.75) is 17.4 Å². The van der Waals surface area contributed by atoms with Gasteiger partial charge in [0.15, 0.2) is 0 Å². The van der Waals surface area contributed by atoms with Crippen LogP contribution in [0.5, 0.6) is 0 Å². The Bertz CT molecular complexity index is 616. The van der Waals surface area contributed by atoms with E-state index in [4.69, 9.17) is 0 Å². The van der Waals surface area contributed by atoms with Gasteiger partial charge in [-0.2, -0.15) is 0 Å². The molecule has 21 heavy (non-hydrogen) atoms. The summed E-state index contributed by atoms with van der Waals surface area (Å²) in [6, 6.07) is 7.15. The number of benzene rings is 1. The number of likely N-dealkylation sites (N-methyl/N-ethyl adjacent to an activating group) is 1. The smallest absolute Gasteiger partial charge is 0.0467 e. The predicted molar refractivity (Wildman–Crippen MR) is 92.8 cm³/mol. The lowest BCUT2D eigenvalue weighted by atomic mass is 9.92. The number of fused-ring (bicyclic) bond motifs is 2. The molecule has 1 heterocycles. The van der Waals surface area contributed by atoms with Crippen molar-refractivity contribution in [2.24, 2.45) is 5.92 Å². The van der Waals surface area contributed by atoms with Crippen LogP contribution in [0.25, 0.3) is 0 Å². The van der Waals surface area contributed by atoms with Gasteiger partial charge in [-0.3, -0.25) is 4.90 Å². The maximum absolute atomic E-state index is 3.84. The minimum Gasteiger partial charge on any atom is -0.352 e. The maximum Gasteiger partial charge on any atom is 0.0467 e. The second kappa shape index (κ2) is 5.74. The molecule has 3 rings (SSSR count).